The molecule has 0 bridgehead atoms. The molecule has 0 saturated carbocycles. The highest BCUT2D eigenvalue weighted by molar-refractivity contribution is 6.04. The van der Waals surface area contributed by atoms with E-state index in [4.69, 9.17) is 4.74 Å². The van der Waals surface area contributed by atoms with Crippen molar-refractivity contribution in [2.45, 2.75) is 39.0 Å². The third-order valence-corrected chi connectivity index (χ3v) is 4.88. The average molecular weight is 388 g/mol. The highest BCUT2D eigenvalue weighted by Crippen LogP contribution is 2.21. The van der Waals surface area contributed by atoms with Gasteiger partial charge in [-0.2, -0.15) is 0 Å². The zero-order chi connectivity index (χ0) is 20.3. The first-order chi connectivity index (χ1) is 14.3. The Kier molecular flexibility index (Phi) is 7.88. The van der Waals surface area contributed by atoms with Crippen molar-refractivity contribution in [3.05, 3.63) is 84.4 Å². The number of carbonyl (C=O) groups excluding carboxylic acids is 1. The molecule has 3 rings (SSSR count). The molecule has 0 aliphatic rings. The number of ether oxygens (including phenoxy) is 1. The second kappa shape index (κ2) is 11.1. The quantitative estimate of drug-likeness (QED) is 0.382. The SMILES string of the molecule is CCCCCCCOc1ccc(NC(=O)c2ccc(-c3ccccc3)cc2)cc1. The van der Waals surface area contributed by atoms with E-state index in [0.29, 0.717) is 5.56 Å². The van der Waals surface area contributed by atoms with E-state index < -0.39 is 0 Å². The van der Waals surface area contributed by atoms with Gasteiger partial charge in [0.2, 0.25) is 0 Å². The summed E-state index contributed by atoms with van der Waals surface area (Å²) in [4.78, 5) is 12.5. The minimum atomic E-state index is -0.116. The van der Waals surface area contributed by atoms with Crippen LogP contribution in [0.2, 0.25) is 0 Å². The van der Waals surface area contributed by atoms with Crippen LogP contribution in [0.25, 0.3) is 11.1 Å². The third-order valence-electron chi connectivity index (χ3n) is 4.88. The Labute approximate surface area is 173 Å². The summed E-state index contributed by atoms with van der Waals surface area (Å²) in [6.45, 7) is 2.96. The van der Waals surface area contributed by atoms with Crippen molar-refractivity contribution >= 4 is 11.6 Å². The zero-order valence-electron chi connectivity index (χ0n) is 17.1. The molecule has 0 atom stereocenters. The molecule has 3 heteroatoms. The van der Waals surface area contributed by atoms with Crippen LogP contribution in [0.3, 0.4) is 0 Å². The standard InChI is InChI=1S/C26H29NO2/c1-2-3-4-5-9-20-29-25-18-16-24(17-19-25)27-26(28)23-14-12-22(13-15-23)21-10-7-6-8-11-21/h6-8,10-19H,2-5,9,20H2,1H3,(H,27,28). The predicted octanol–water partition coefficient (Wildman–Crippen LogP) is 6.96. The largest absolute Gasteiger partial charge is 0.494 e. The number of hydrogen-bond acceptors (Lipinski definition) is 2. The molecule has 3 aromatic carbocycles. The van der Waals surface area contributed by atoms with Crippen molar-refractivity contribution < 1.29 is 9.53 Å². The molecule has 0 heterocycles. The van der Waals surface area contributed by atoms with Gasteiger partial charge in [-0.15, -0.1) is 0 Å². The topological polar surface area (TPSA) is 38.3 Å². The summed E-state index contributed by atoms with van der Waals surface area (Å²) in [7, 11) is 0. The van der Waals surface area contributed by atoms with Gasteiger partial charge in [-0.1, -0.05) is 75.1 Å². The van der Waals surface area contributed by atoms with E-state index in [0.717, 1.165) is 35.6 Å². The van der Waals surface area contributed by atoms with Gasteiger partial charge in [0, 0.05) is 11.3 Å². The Morgan fingerprint density at radius 2 is 1.41 bits per heavy atom. The van der Waals surface area contributed by atoms with Crippen molar-refractivity contribution in [3.8, 4) is 16.9 Å². The Balaban J connectivity index is 1.49. The molecule has 3 nitrogen and oxygen atoms in total. The molecular weight excluding hydrogens is 358 g/mol. The first kappa shape index (κ1) is 20.7. The molecule has 0 fully saturated rings. The molecule has 150 valence electrons. The van der Waals surface area contributed by atoms with Gasteiger partial charge in [-0.05, 0) is 53.9 Å². The van der Waals surface area contributed by atoms with Gasteiger partial charge in [-0.25, -0.2) is 0 Å². The molecule has 0 radical (unpaired) electrons. The maximum absolute atomic E-state index is 12.5. The Morgan fingerprint density at radius 1 is 0.759 bits per heavy atom. The smallest absolute Gasteiger partial charge is 0.255 e. The van der Waals surface area contributed by atoms with E-state index in [1.54, 1.807) is 0 Å². The van der Waals surface area contributed by atoms with E-state index >= 15 is 0 Å². The van der Waals surface area contributed by atoms with Gasteiger partial charge in [0.15, 0.2) is 0 Å². The number of nitrogens with one attached hydrogen (secondary N) is 1. The average Bonchev–Trinajstić information content (AvgIpc) is 2.78. The molecule has 29 heavy (non-hydrogen) atoms. The van der Waals surface area contributed by atoms with Crippen LogP contribution in [-0.2, 0) is 0 Å². The number of benzene rings is 3. The summed E-state index contributed by atoms with van der Waals surface area (Å²) in [5.74, 6) is 0.722. The second-order valence-electron chi connectivity index (χ2n) is 7.18. The van der Waals surface area contributed by atoms with E-state index in [2.05, 4.69) is 24.4 Å². The van der Waals surface area contributed by atoms with Gasteiger partial charge in [0.1, 0.15) is 5.75 Å². The Hall–Kier alpha value is -3.07. The lowest BCUT2D eigenvalue weighted by Gasteiger charge is -2.09. The van der Waals surface area contributed by atoms with Crippen molar-refractivity contribution in [1.29, 1.82) is 0 Å². The number of carbonyl (C=O) groups is 1. The Morgan fingerprint density at radius 3 is 2.10 bits per heavy atom. The summed E-state index contributed by atoms with van der Waals surface area (Å²) >= 11 is 0. The molecule has 0 aliphatic carbocycles. The lowest BCUT2D eigenvalue weighted by Crippen LogP contribution is -2.11. The van der Waals surface area contributed by atoms with Crippen LogP contribution in [-0.4, -0.2) is 12.5 Å². The molecule has 1 N–H and O–H groups in total. The van der Waals surface area contributed by atoms with Gasteiger partial charge < -0.3 is 10.1 Å². The lowest BCUT2D eigenvalue weighted by atomic mass is 10.0. The van der Waals surface area contributed by atoms with Crippen molar-refractivity contribution in [2.24, 2.45) is 0 Å². The molecule has 0 unspecified atom stereocenters. The van der Waals surface area contributed by atoms with Crippen LogP contribution in [0, 0.1) is 0 Å². The van der Waals surface area contributed by atoms with Gasteiger partial charge >= 0.3 is 0 Å². The summed E-state index contributed by atoms with van der Waals surface area (Å²) in [6, 6.07) is 25.4. The van der Waals surface area contributed by atoms with Crippen LogP contribution in [0.15, 0.2) is 78.9 Å². The molecule has 0 aliphatic heterocycles. The summed E-state index contributed by atoms with van der Waals surface area (Å²) in [6.07, 6.45) is 6.12. The first-order valence-corrected chi connectivity index (χ1v) is 10.5. The highest BCUT2D eigenvalue weighted by Gasteiger charge is 2.07. The lowest BCUT2D eigenvalue weighted by molar-refractivity contribution is 0.102. The number of hydrogen-bond donors (Lipinski definition) is 1. The Bertz CT molecular complexity index is 871. The summed E-state index contributed by atoms with van der Waals surface area (Å²) < 4.78 is 5.77. The fraction of sp³-hybridized carbons (Fsp3) is 0.269. The van der Waals surface area contributed by atoms with Gasteiger partial charge in [0.05, 0.1) is 6.61 Å². The number of unbranched alkanes of at least 4 members (excludes halogenated alkanes) is 4. The number of rotatable bonds is 10. The monoisotopic (exact) mass is 387 g/mol. The van der Waals surface area contributed by atoms with Gasteiger partial charge in [-0.3, -0.25) is 4.79 Å². The predicted molar refractivity (Wildman–Crippen MR) is 121 cm³/mol. The minimum Gasteiger partial charge on any atom is -0.494 e. The van der Waals surface area contributed by atoms with E-state index in [-0.39, 0.29) is 5.91 Å². The van der Waals surface area contributed by atoms with Crippen LogP contribution in [0.1, 0.15) is 49.4 Å². The minimum absolute atomic E-state index is 0.116. The first-order valence-electron chi connectivity index (χ1n) is 10.5. The molecule has 0 aromatic heterocycles. The van der Waals surface area contributed by atoms with Crippen molar-refractivity contribution in [3.63, 3.8) is 0 Å². The normalized spacial score (nSPS) is 10.5. The molecular formula is C26H29NO2. The molecule has 0 spiro atoms. The number of anilines is 1. The molecule has 0 saturated heterocycles. The van der Waals surface area contributed by atoms with Crippen LogP contribution in [0.5, 0.6) is 5.75 Å². The zero-order valence-corrected chi connectivity index (χ0v) is 17.1. The maximum atomic E-state index is 12.5. The van der Waals surface area contributed by atoms with E-state index in [1.165, 1.54) is 25.7 Å². The molecule has 3 aromatic rings. The highest BCUT2D eigenvalue weighted by atomic mass is 16.5. The van der Waals surface area contributed by atoms with Crippen LogP contribution in [0.4, 0.5) is 5.69 Å². The molecule has 1 amide bonds. The van der Waals surface area contributed by atoms with Crippen LogP contribution >= 0.6 is 0 Å². The maximum Gasteiger partial charge on any atom is 0.255 e. The third kappa shape index (κ3) is 6.49. The summed E-state index contributed by atoms with van der Waals surface area (Å²) in [5, 5.41) is 2.94. The van der Waals surface area contributed by atoms with Gasteiger partial charge in [0.25, 0.3) is 5.91 Å². The second-order valence-corrected chi connectivity index (χ2v) is 7.18. The summed E-state index contributed by atoms with van der Waals surface area (Å²) in [5.41, 5.74) is 3.63. The fourth-order valence-corrected chi connectivity index (χ4v) is 3.18. The van der Waals surface area contributed by atoms with E-state index in [1.807, 2.05) is 66.7 Å². The van der Waals surface area contributed by atoms with E-state index in [9.17, 15) is 4.79 Å². The van der Waals surface area contributed by atoms with Crippen molar-refractivity contribution in [2.75, 3.05) is 11.9 Å². The fourth-order valence-electron chi connectivity index (χ4n) is 3.18. The van der Waals surface area contributed by atoms with Crippen LogP contribution < -0.4 is 10.1 Å². The number of amides is 1. The van der Waals surface area contributed by atoms with Crippen molar-refractivity contribution in [1.82, 2.24) is 0 Å².